The predicted octanol–water partition coefficient (Wildman–Crippen LogP) is 5.44. The lowest BCUT2D eigenvalue weighted by molar-refractivity contribution is -0.145. The predicted molar refractivity (Wildman–Crippen MR) is 125 cm³/mol. The van der Waals surface area contributed by atoms with Gasteiger partial charge in [0.1, 0.15) is 0 Å². The molecule has 0 saturated carbocycles. The minimum absolute atomic E-state index is 0.0838. The van der Waals surface area contributed by atoms with Crippen molar-refractivity contribution in [3.8, 4) is 11.5 Å². The topological polar surface area (TPSA) is 83.4 Å². The maximum absolute atomic E-state index is 12.3. The van der Waals surface area contributed by atoms with E-state index < -0.39 is 11.9 Å². The number of nitrogens with zero attached hydrogens (tertiary/aromatic N) is 1. The molecule has 1 aliphatic heterocycles. The van der Waals surface area contributed by atoms with Gasteiger partial charge < -0.3 is 18.9 Å². The number of aliphatic imine (C=N–C) groups is 1. The molecule has 3 rings (SSSR count). The minimum Gasteiger partial charge on any atom is -0.490 e. The number of esters is 2. The van der Waals surface area contributed by atoms with Crippen LogP contribution in [0.2, 0.25) is 10.0 Å². The molecule has 2 aromatic carbocycles. The zero-order valence-corrected chi connectivity index (χ0v) is 20.2. The van der Waals surface area contributed by atoms with Gasteiger partial charge in [-0.25, -0.2) is 14.6 Å². The maximum atomic E-state index is 12.3. The SMILES string of the molecule is CCOC(=O)COc1c(Br)cc(/C=C2\N=C(c3ccc(Cl)cc3Cl)OC2=O)cc1OCC. The number of hydrogen-bond donors (Lipinski definition) is 0. The highest BCUT2D eigenvalue weighted by atomic mass is 79.9. The minimum atomic E-state index is -0.622. The summed E-state index contributed by atoms with van der Waals surface area (Å²) in [6, 6.07) is 8.15. The number of cyclic esters (lactones) is 1. The van der Waals surface area contributed by atoms with Crippen molar-refractivity contribution >= 4 is 63.0 Å². The van der Waals surface area contributed by atoms with Gasteiger partial charge in [0, 0.05) is 5.02 Å². The molecule has 0 saturated heterocycles. The first-order chi connectivity index (χ1) is 15.3. The quantitative estimate of drug-likeness (QED) is 0.326. The molecule has 0 amide bonds. The monoisotopic (exact) mass is 541 g/mol. The van der Waals surface area contributed by atoms with Crippen molar-refractivity contribution in [1.82, 2.24) is 0 Å². The summed E-state index contributed by atoms with van der Waals surface area (Å²) in [4.78, 5) is 28.2. The second-order valence-electron chi connectivity index (χ2n) is 6.32. The zero-order chi connectivity index (χ0) is 23.3. The third-order valence-corrected chi connectivity index (χ3v) is 5.19. The van der Waals surface area contributed by atoms with Crippen LogP contribution in [0.4, 0.5) is 0 Å². The van der Waals surface area contributed by atoms with E-state index in [2.05, 4.69) is 20.9 Å². The molecule has 7 nitrogen and oxygen atoms in total. The normalized spacial score (nSPS) is 14.2. The number of hydrogen-bond acceptors (Lipinski definition) is 7. The molecular weight excluding hydrogens is 525 g/mol. The Morgan fingerprint density at radius 1 is 1.16 bits per heavy atom. The molecule has 0 unspecified atom stereocenters. The molecule has 0 spiro atoms. The van der Waals surface area contributed by atoms with Crippen LogP contribution in [0.5, 0.6) is 11.5 Å². The van der Waals surface area contributed by atoms with Gasteiger partial charge in [-0.1, -0.05) is 23.2 Å². The van der Waals surface area contributed by atoms with Gasteiger partial charge in [0.05, 0.1) is 28.3 Å². The lowest BCUT2D eigenvalue weighted by atomic mass is 10.1. The third-order valence-electron chi connectivity index (χ3n) is 4.06. The molecule has 0 N–H and O–H groups in total. The van der Waals surface area contributed by atoms with Crippen molar-refractivity contribution in [2.24, 2.45) is 4.99 Å². The first-order valence-electron chi connectivity index (χ1n) is 9.55. The van der Waals surface area contributed by atoms with Crippen LogP contribution in [0.1, 0.15) is 25.0 Å². The fourth-order valence-electron chi connectivity index (χ4n) is 2.75. The van der Waals surface area contributed by atoms with Gasteiger partial charge in [-0.05, 0) is 71.7 Å². The van der Waals surface area contributed by atoms with E-state index in [9.17, 15) is 9.59 Å². The van der Waals surface area contributed by atoms with E-state index in [0.29, 0.717) is 43.8 Å². The summed E-state index contributed by atoms with van der Waals surface area (Å²) in [6.45, 7) is 3.88. The Labute approximate surface area is 203 Å². The van der Waals surface area contributed by atoms with Crippen LogP contribution in [0.15, 0.2) is 45.5 Å². The lowest BCUT2D eigenvalue weighted by Gasteiger charge is -2.14. The van der Waals surface area contributed by atoms with Gasteiger partial charge in [0.25, 0.3) is 0 Å². The van der Waals surface area contributed by atoms with Gasteiger partial charge >= 0.3 is 11.9 Å². The standard InChI is InChI=1S/C22H18BrCl2NO6/c1-3-29-18-9-12(7-15(23)20(18)31-11-19(27)30-4-2)8-17-22(28)32-21(26-17)14-6-5-13(24)10-16(14)25/h5-10H,3-4,11H2,1-2H3/b17-8-. The zero-order valence-electron chi connectivity index (χ0n) is 17.1. The van der Waals surface area contributed by atoms with Gasteiger partial charge in [-0.3, -0.25) is 0 Å². The highest BCUT2D eigenvalue weighted by Crippen LogP contribution is 2.38. The Balaban J connectivity index is 1.90. The average molecular weight is 543 g/mol. The smallest absolute Gasteiger partial charge is 0.363 e. The summed E-state index contributed by atoms with van der Waals surface area (Å²) in [5.74, 6) is -0.309. The molecule has 32 heavy (non-hydrogen) atoms. The molecule has 168 valence electrons. The Morgan fingerprint density at radius 3 is 2.62 bits per heavy atom. The first-order valence-corrected chi connectivity index (χ1v) is 11.1. The van der Waals surface area contributed by atoms with E-state index in [4.69, 9.17) is 42.1 Å². The van der Waals surface area contributed by atoms with E-state index in [1.54, 1.807) is 37.3 Å². The van der Waals surface area contributed by atoms with E-state index in [-0.39, 0.29) is 24.8 Å². The van der Waals surface area contributed by atoms with Crippen molar-refractivity contribution in [3.05, 3.63) is 61.7 Å². The molecule has 2 aromatic rings. The Morgan fingerprint density at radius 2 is 1.94 bits per heavy atom. The number of ether oxygens (including phenoxy) is 4. The molecule has 1 aliphatic rings. The summed E-state index contributed by atoms with van der Waals surface area (Å²) in [5, 5.41) is 0.771. The average Bonchev–Trinajstić information content (AvgIpc) is 3.07. The van der Waals surface area contributed by atoms with Crippen LogP contribution < -0.4 is 9.47 Å². The van der Waals surface area contributed by atoms with Crippen molar-refractivity contribution in [1.29, 1.82) is 0 Å². The van der Waals surface area contributed by atoms with Gasteiger partial charge in [-0.15, -0.1) is 0 Å². The number of carbonyl (C=O) groups is 2. The number of halogens is 3. The fraction of sp³-hybridized carbons (Fsp3) is 0.227. The Kier molecular flexibility index (Phi) is 8.17. The third kappa shape index (κ3) is 5.82. The van der Waals surface area contributed by atoms with Crippen LogP contribution in [-0.4, -0.2) is 37.7 Å². The molecule has 10 heteroatoms. The lowest BCUT2D eigenvalue weighted by Crippen LogP contribution is -2.15. The van der Waals surface area contributed by atoms with Gasteiger partial charge in [0.2, 0.25) is 5.90 Å². The van der Waals surface area contributed by atoms with Crippen LogP contribution in [0.25, 0.3) is 6.08 Å². The largest absolute Gasteiger partial charge is 0.490 e. The summed E-state index contributed by atoms with van der Waals surface area (Å²) < 4.78 is 21.9. The molecular formula is C22H18BrCl2NO6. The molecule has 0 bridgehead atoms. The van der Waals surface area contributed by atoms with Crippen LogP contribution in [0, 0.1) is 0 Å². The second-order valence-corrected chi connectivity index (χ2v) is 8.01. The fourth-order valence-corrected chi connectivity index (χ4v) is 3.82. The van der Waals surface area contributed by atoms with Gasteiger partial charge in [-0.2, -0.15) is 0 Å². The van der Waals surface area contributed by atoms with Crippen LogP contribution in [0.3, 0.4) is 0 Å². The molecule has 0 aliphatic carbocycles. The summed E-state index contributed by atoms with van der Waals surface area (Å²) >= 11 is 15.5. The number of rotatable bonds is 8. The van der Waals surface area contributed by atoms with Crippen molar-refractivity contribution in [2.75, 3.05) is 19.8 Å². The highest BCUT2D eigenvalue weighted by molar-refractivity contribution is 9.10. The van der Waals surface area contributed by atoms with Crippen LogP contribution in [-0.2, 0) is 19.1 Å². The summed E-state index contributed by atoms with van der Waals surface area (Å²) in [7, 11) is 0. The van der Waals surface area contributed by atoms with Crippen LogP contribution >= 0.6 is 39.1 Å². The molecule has 0 atom stereocenters. The summed E-state index contributed by atoms with van der Waals surface area (Å²) in [6.07, 6.45) is 1.54. The Bertz CT molecular complexity index is 1120. The number of benzene rings is 2. The molecule has 0 radical (unpaired) electrons. The molecule has 1 heterocycles. The molecule has 0 fully saturated rings. The summed E-state index contributed by atoms with van der Waals surface area (Å²) in [5.41, 5.74) is 1.13. The Hall–Kier alpha value is -2.55. The maximum Gasteiger partial charge on any atom is 0.363 e. The van der Waals surface area contributed by atoms with E-state index in [0.717, 1.165) is 0 Å². The van der Waals surface area contributed by atoms with Crippen molar-refractivity contribution in [3.63, 3.8) is 0 Å². The second kappa shape index (κ2) is 10.8. The highest BCUT2D eigenvalue weighted by Gasteiger charge is 2.26. The van der Waals surface area contributed by atoms with E-state index in [1.807, 2.05) is 6.92 Å². The van der Waals surface area contributed by atoms with Gasteiger partial charge in [0.15, 0.2) is 23.8 Å². The van der Waals surface area contributed by atoms with Crippen molar-refractivity contribution < 1.29 is 28.5 Å². The number of carbonyl (C=O) groups excluding carboxylic acids is 2. The van der Waals surface area contributed by atoms with Crippen molar-refractivity contribution in [2.45, 2.75) is 13.8 Å². The van der Waals surface area contributed by atoms with E-state index >= 15 is 0 Å². The van der Waals surface area contributed by atoms with E-state index in [1.165, 1.54) is 6.07 Å². The first kappa shape index (κ1) is 24.1. The molecule has 0 aromatic heterocycles.